The lowest BCUT2D eigenvalue weighted by Gasteiger charge is -2.11. The van der Waals surface area contributed by atoms with Crippen molar-refractivity contribution in [2.75, 3.05) is 31.9 Å². The molecule has 6 nitrogen and oxygen atoms in total. The summed E-state index contributed by atoms with van der Waals surface area (Å²) in [6.07, 6.45) is 0. The number of nitrogens with one attached hydrogen (secondary N) is 3. The Morgan fingerprint density at radius 2 is 1.96 bits per heavy atom. The molecule has 1 aromatic heterocycles. The number of halogens is 1. The summed E-state index contributed by atoms with van der Waals surface area (Å²) in [5.41, 5.74) is 2.45. The fourth-order valence-corrected chi connectivity index (χ4v) is 3.64. The molecule has 2 rings (SSSR count). The van der Waals surface area contributed by atoms with E-state index in [1.807, 2.05) is 32.0 Å². The number of amides is 1. The first kappa shape index (κ1) is 23.7. The summed E-state index contributed by atoms with van der Waals surface area (Å²) in [4.78, 5) is 22.5. The number of guanidine groups is 1. The molecule has 0 unspecified atom stereocenters. The van der Waals surface area contributed by atoms with Crippen molar-refractivity contribution >= 4 is 58.9 Å². The summed E-state index contributed by atoms with van der Waals surface area (Å²) in [7, 11) is 0. The number of thioether (sulfide) groups is 1. The first-order valence-corrected chi connectivity index (χ1v) is 10.5. The highest BCUT2D eigenvalue weighted by Gasteiger charge is 2.10. The fraction of sp³-hybridized carbons (Fsp3) is 0.389. The number of hydrogen-bond donors (Lipinski definition) is 3. The minimum absolute atomic E-state index is 0. The number of nitrogens with zero attached hydrogens (tertiary/aromatic N) is 2. The lowest BCUT2D eigenvalue weighted by molar-refractivity contribution is 0.0958. The zero-order valence-corrected chi connectivity index (χ0v) is 19.5. The molecule has 1 heterocycles. The van der Waals surface area contributed by atoms with E-state index in [1.165, 1.54) is 16.2 Å². The molecule has 0 fully saturated rings. The van der Waals surface area contributed by atoms with Crippen LogP contribution in [0, 0.1) is 6.92 Å². The van der Waals surface area contributed by atoms with Crippen LogP contribution in [0.5, 0.6) is 0 Å². The highest BCUT2D eigenvalue weighted by Crippen LogP contribution is 2.15. The van der Waals surface area contributed by atoms with Crippen molar-refractivity contribution in [1.29, 1.82) is 0 Å². The molecule has 0 bridgehead atoms. The first-order chi connectivity index (χ1) is 12.7. The van der Waals surface area contributed by atoms with Gasteiger partial charge in [-0.3, -0.25) is 9.79 Å². The number of benzene rings is 1. The van der Waals surface area contributed by atoms with E-state index >= 15 is 0 Å². The molecule has 2 aromatic rings. The summed E-state index contributed by atoms with van der Waals surface area (Å²) >= 11 is 3.16. The van der Waals surface area contributed by atoms with Gasteiger partial charge >= 0.3 is 0 Å². The number of thiazole rings is 1. The number of aliphatic imine (C=N–C) groups is 1. The second kappa shape index (κ2) is 13.8. The maximum atomic E-state index is 12.0. The molecular formula is C18H26IN5OS2. The highest BCUT2D eigenvalue weighted by molar-refractivity contribution is 14.0. The molecule has 0 saturated heterocycles. The van der Waals surface area contributed by atoms with Crippen molar-refractivity contribution in [1.82, 2.24) is 20.9 Å². The number of aryl methyl sites for hydroxylation is 1. The van der Waals surface area contributed by atoms with E-state index in [2.05, 4.69) is 38.1 Å². The summed E-state index contributed by atoms with van der Waals surface area (Å²) in [5, 5.41) is 9.41. The van der Waals surface area contributed by atoms with E-state index in [-0.39, 0.29) is 29.9 Å². The Morgan fingerprint density at radius 1 is 1.19 bits per heavy atom. The van der Waals surface area contributed by atoms with Crippen LogP contribution in [0.15, 0.2) is 45.7 Å². The third-order valence-corrected chi connectivity index (χ3v) is 5.31. The van der Waals surface area contributed by atoms with Gasteiger partial charge in [0.25, 0.3) is 5.91 Å². The topological polar surface area (TPSA) is 78.4 Å². The maximum Gasteiger partial charge on any atom is 0.263 e. The van der Waals surface area contributed by atoms with E-state index in [4.69, 9.17) is 0 Å². The number of hydrogen-bond acceptors (Lipinski definition) is 5. The van der Waals surface area contributed by atoms with Gasteiger partial charge in [0.05, 0.1) is 17.7 Å². The Hall–Kier alpha value is -1.33. The summed E-state index contributed by atoms with van der Waals surface area (Å²) in [5.74, 6) is 1.64. The van der Waals surface area contributed by atoms with Crippen LogP contribution >= 0.6 is 47.1 Å². The Labute approximate surface area is 186 Å². The quantitative estimate of drug-likeness (QED) is 0.156. The van der Waals surface area contributed by atoms with Gasteiger partial charge in [-0.15, -0.1) is 47.1 Å². The molecule has 27 heavy (non-hydrogen) atoms. The van der Waals surface area contributed by atoms with Crippen LogP contribution in [-0.2, 0) is 0 Å². The second-order valence-electron chi connectivity index (χ2n) is 5.37. The van der Waals surface area contributed by atoms with Crippen LogP contribution in [0.1, 0.15) is 22.3 Å². The van der Waals surface area contributed by atoms with Gasteiger partial charge in [0.15, 0.2) is 5.96 Å². The number of aromatic nitrogens is 1. The average molecular weight is 519 g/mol. The monoisotopic (exact) mass is 519 g/mol. The molecule has 0 aliphatic rings. The van der Waals surface area contributed by atoms with Crippen molar-refractivity contribution in [2.45, 2.75) is 18.7 Å². The Bertz CT molecular complexity index is 709. The minimum atomic E-state index is -0.0857. The van der Waals surface area contributed by atoms with Gasteiger partial charge in [-0.25, -0.2) is 4.98 Å². The maximum absolute atomic E-state index is 12.0. The molecule has 0 spiro atoms. The third kappa shape index (κ3) is 8.93. The Morgan fingerprint density at radius 3 is 2.63 bits per heavy atom. The summed E-state index contributed by atoms with van der Waals surface area (Å²) in [6.45, 7) is 6.49. The van der Waals surface area contributed by atoms with Crippen molar-refractivity contribution in [3.05, 3.63) is 46.4 Å². The van der Waals surface area contributed by atoms with Crippen LogP contribution in [0.25, 0.3) is 0 Å². The van der Waals surface area contributed by atoms with E-state index in [9.17, 15) is 4.79 Å². The van der Waals surface area contributed by atoms with Crippen molar-refractivity contribution < 1.29 is 4.79 Å². The highest BCUT2D eigenvalue weighted by atomic mass is 127. The van der Waals surface area contributed by atoms with Gasteiger partial charge < -0.3 is 16.0 Å². The van der Waals surface area contributed by atoms with Gasteiger partial charge in [-0.2, -0.15) is 0 Å². The Kier molecular flexibility index (Phi) is 12.1. The number of carbonyl (C=O) groups excluding carboxylic acids is 1. The second-order valence-corrected chi connectivity index (χ2v) is 7.39. The molecule has 1 aromatic carbocycles. The predicted molar refractivity (Wildman–Crippen MR) is 126 cm³/mol. The summed E-state index contributed by atoms with van der Waals surface area (Å²) < 4.78 is 0. The van der Waals surface area contributed by atoms with Gasteiger partial charge in [0, 0.05) is 30.3 Å². The fourth-order valence-electron chi connectivity index (χ4n) is 2.13. The van der Waals surface area contributed by atoms with Crippen LogP contribution < -0.4 is 16.0 Å². The molecule has 0 aliphatic heterocycles. The Balaban J connectivity index is 0.00000364. The van der Waals surface area contributed by atoms with E-state index in [1.54, 1.807) is 17.3 Å². The molecule has 0 saturated carbocycles. The normalized spacial score (nSPS) is 10.8. The van der Waals surface area contributed by atoms with Gasteiger partial charge in [-0.05, 0) is 26.0 Å². The largest absolute Gasteiger partial charge is 0.357 e. The molecule has 148 valence electrons. The molecule has 0 aliphatic carbocycles. The molecule has 0 atom stereocenters. The number of rotatable bonds is 9. The predicted octanol–water partition coefficient (Wildman–Crippen LogP) is 3.15. The van der Waals surface area contributed by atoms with Crippen LogP contribution in [0.2, 0.25) is 0 Å². The molecule has 9 heteroatoms. The zero-order chi connectivity index (χ0) is 18.6. The lowest BCUT2D eigenvalue weighted by atomic mass is 10.4. The van der Waals surface area contributed by atoms with Gasteiger partial charge in [-0.1, -0.05) is 18.2 Å². The van der Waals surface area contributed by atoms with E-state index in [0.29, 0.717) is 18.0 Å². The van der Waals surface area contributed by atoms with Crippen molar-refractivity contribution in [2.24, 2.45) is 4.99 Å². The van der Waals surface area contributed by atoms with Gasteiger partial charge in [0.1, 0.15) is 4.88 Å². The van der Waals surface area contributed by atoms with Crippen LogP contribution in [0.3, 0.4) is 0 Å². The molecule has 3 N–H and O–H groups in total. The van der Waals surface area contributed by atoms with Crippen LogP contribution in [0.4, 0.5) is 0 Å². The smallest absolute Gasteiger partial charge is 0.263 e. The van der Waals surface area contributed by atoms with Crippen LogP contribution in [-0.4, -0.2) is 48.8 Å². The zero-order valence-electron chi connectivity index (χ0n) is 15.5. The van der Waals surface area contributed by atoms with Crippen molar-refractivity contribution in [3.8, 4) is 0 Å². The van der Waals surface area contributed by atoms with Gasteiger partial charge in [0.2, 0.25) is 0 Å². The lowest BCUT2D eigenvalue weighted by Crippen LogP contribution is -2.39. The SMILES string of the molecule is CCNC(=NCCNC(=O)c1scnc1C)NCCSc1ccccc1.I. The molecular weight excluding hydrogens is 493 g/mol. The standard InChI is InChI=1S/C18H25N5OS2.HI/c1-3-19-18(22-11-12-25-15-7-5-4-6-8-15)21-10-9-20-17(24)16-14(2)23-13-26-16;/h4-8,13H,3,9-12H2,1-2H3,(H,20,24)(H2,19,21,22);1H. The van der Waals surface area contributed by atoms with E-state index in [0.717, 1.165) is 30.5 Å². The third-order valence-electron chi connectivity index (χ3n) is 3.37. The molecule has 0 radical (unpaired) electrons. The number of carbonyl (C=O) groups is 1. The molecule has 1 amide bonds. The first-order valence-electron chi connectivity index (χ1n) is 8.59. The van der Waals surface area contributed by atoms with Crippen molar-refractivity contribution in [3.63, 3.8) is 0 Å². The average Bonchev–Trinajstić information content (AvgIpc) is 3.09. The summed E-state index contributed by atoms with van der Waals surface area (Å²) in [6, 6.07) is 10.3. The van der Waals surface area contributed by atoms with E-state index < -0.39 is 0 Å². The minimum Gasteiger partial charge on any atom is -0.357 e.